The maximum atomic E-state index is 5.87. The van der Waals surface area contributed by atoms with Crippen LogP contribution in [-0.4, -0.2) is 26.4 Å². The summed E-state index contributed by atoms with van der Waals surface area (Å²) < 4.78 is 5.87. The zero-order chi connectivity index (χ0) is 17.3. The van der Waals surface area contributed by atoms with E-state index >= 15 is 0 Å². The molecule has 1 aromatic carbocycles. The molecular weight excluding hydrogens is 324 g/mol. The number of aromatic nitrogens is 3. The van der Waals surface area contributed by atoms with Crippen LogP contribution in [-0.2, 0) is 19.5 Å². The van der Waals surface area contributed by atoms with Gasteiger partial charge in [0, 0.05) is 42.9 Å². The van der Waals surface area contributed by atoms with E-state index in [1.165, 1.54) is 43.4 Å². The molecule has 26 heavy (non-hydrogen) atoms. The Morgan fingerprint density at radius 3 is 2.85 bits per heavy atom. The third-order valence-electron chi connectivity index (χ3n) is 5.70. The first-order valence-electron chi connectivity index (χ1n) is 9.77. The van der Waals surface area contributed by atoms with Crippen molar-refractivity contribution in [3.05, 3.63) is 53.4 Å². The summed E-state index contributed by atoms with van der Waals surface area (Å²) >= 11 is 0. The maximum absolute atomic E-state index is 5.87. The molecule has 1 fully saturated rings. The Balaban J connectivity index is 1.30. The average molecular weight is 348 g/mol. The van der Waals surface area contributed by atoms with Gasteiger partial charge >= 0.3 is 0 Å². The minimum atomic E-state index is 0.576. The molecule has 2 aromatic heterocycles. The molecule has 1 aliphatic heterocycles. The van der Waals surface area contributed by atoms with Crippen LogP contribution >= 0.6 is 0 Å². The van der Waals surface area contributed by atoms with Gasteiger partial charge in [0.1, 0.15) is 11.3 Å². The van der Waals surface area contributed by atoms with Crippen LogP contribution in [0.1, 0.15) is 61.0 Å². The number of oxazole rings is 1. The van der Waals surface area contributed by atoms with E-state index in [-0.39, 0.29) is 0 Å². The van der Waals surface area contributed by atoms with Gasteiger partial charge < -0.3 is 4.42 Å². The number of nitrogens with zero attached hydrogens (tertiary/aromatic N) is 4. The van der Waals surface area contributed by atoms with Gasteiger partial charge in [-0.1, -0.05) is 31.4 Å². The van der Waals surface area contributed by atoms with Crippen LogP contribution in [0.25, 0.3) is 11.1 Å². The lowest BCUT2D eigenvalue weighted by molar-refractivity contribution is 0.220. The second-order valence-corrected chi connectivity index (χ2v) is 7.57. The van der Waals surface area contributed by atoms with Gasteiger partial charge in [-0.2, -0.15) is 0 Å². The largest absolute Gasteiger partial charge is 0.439 e. The number of hydrogen-bond donors (Lipinski definition) is 0. The standard InChI is InChI=1S/C21H24N4O/c1-2-6-15(7-3-1)21-22-12-16-13-25(11-10-17(16)24-21)14-20-23-18-8-4-5-9-19(18)26-20/h4-5,8-9,12,15H,1-3,6-7,10-11,13-14H2. The summed E-state index contributed by atoms with van der Waals surface area (Å²) in [7, 11) is 0. The average Bonchev–Trinajstić information content (AvgIpc) is 3.10. The molecule has 0 radical (unpaired) electrons. The number of para-hydroxylation sites is 2. The highest BCUT2D eigenvalue weighted by atomic mass is 16.3. The van der Waals surface area contributed by atoms with Crippen LogP contribution in [0, 0.1) is 0 Å². The fourth-order valence-corrected chi connectivity index (χ4v) is 4.26. The van der Waals surface area contributed by atoms with E-state index in [9.17, 15) is 0 Å². The normalized spacial score (nSPS) is 18.9. The second kappa shape index (κ2) is 6.80. The summed E-state index contributed by atoms with van der Waals surface area (Å²) in [5.41, 5.74) is 4.29. The quantitative estimate of drug-likeness (QED) is 0.709. The molecule has 0 spiro atoms. The highest BCUT2D eigenvalue weighted by Crippen LogP contribution is 2.31. The van der Waals surface area contributed by atoms with Crippen molar-refractivity contribution in [1.29, 1.82) is 0 Å². The van der Waals surface area contributed by atoms with E-state index in [4.69, 9.17) is 14.4 Å². The predicted octanol–water partition coefficient (Wildman–Crippen LogP) is 4.22. The second-order valence-electron chi connectivity index (χ2n) is 7.57. The molecule has 5 nitrogen and oxygen atoms in total. The van der Waals surface area contributed by atoms with Gasteiger partial charge in [-0.3, -0.25) is 4.90 Å². The summed E-state index contributed by atoms with van der Waals surface area (Å²) in [4.78, 5) is 16.6. The summed E-state index contributed by atoms with van der Waals surface area (Å²) in [6.45, 7) is 2.60. The van der Waals surface area contributed by atoms with Gasteiger partial charge in [-0.05, 0) is 25.0 Å². The van der Waals surface area contributed by atoms with E-state index < -0.39 is 0 Å². The van der Waals surface area contributed by atoms with Gasteiger partial charge in [0.2, 0.25) is 5.89 Å². The number of fused-ring (bicyclic) bond motifs is 2. The number of hydrogen-bond acceptors (Lipinski definition) is 5. The van der Waals surface area contributed by atoms with E-state index in [2.05, 4.69) is 16.1 Å². The fraction of sp³-hybridized carbons (Fsp3) is 0.476. The molecule has 0 amide bonds. The van der Waals surface area contributed by atoms with Crippen molar-refractivity contribution in [2.45, 2.75) is 57.5 Å². The van der Waals surface area contributed by atoms with Crippen LogP contribution in [0.5, 0.6) is 0 Å². The number of rotatable bonds is 3. The molecule has 5 rings (SSSR count). The fourth-order valence-electron chi connectivity index (χ4n) is 4.26. The summed E-state index contributed by atoms with van der Waals surface area (Å²) in [5.74, 6) is 2.44. The van der Waals surface area contributed by atoms with Crippen molar-refractivity contribution in [2.75, 3.05) is 6.54 Å². The Bertz CT molecular complexity index is 880. The molecule has 5 heteroatoms. The third-order valence-corrected chi connectivity index (χ3v) is 5.70. The first-order chi connectivity index (χ1) is 12.8. The lowest BCUT2D eigenvalue weighted by Gasteiger charge is -2.28. The molecule has 1 saturated carbocycles. The molecule has 0 N–H and O–H groups in total. The summed E-state index contributed by atoms with van der Waals surface area (Å²) in [6.07, 6.45) is 9.56. The van der Waals surface area contributed by atoms with Crippen LogP contribution in [0.2, 0.25) is 0 Å². The third kappa shape index (κ3) is 3.12. The SMILES string of the molecule is c1ccc2oc(CN3CCc4nc(C5CCCCC5)ncc4C3)nc2c1. The Morgan fingerprint density at radius 2 is 1.96 bits per heavy atom. The molecule has 3 aromatic rings. The molecule has 0 unspecified atom stereocenters. The highest BCUT2D eigenvalue weighted by molar-refractivity contribution is 5.72. The Hall–Kier alpha value is -2.27. The summed E-state index contributed by atoms with van der Waals surface area (Å²) in [5, 5.41) is 0. The molecule has 0 saturated heterocycles. The lowest BCUT2D eigenvalue weighted by atomic mass is 9.88. The van der Waals surface area contributed by atoms with Gasteiger partial charge in [-0.25, -0.2) is 15.0 Å². The van der Waals surface area contributed by atoms with Gasteiger partial charge in [-0.15, -0.1) is 0 Å². The lowest BCUT2D eigenvalue weighted by Crippen LogP contribution is -2.31. The molecule has 2 aliphatic rings. The van der Waals surface area contributed by atoms with Crippen molar-refractivity contribution in [1.82, 2.24) is 19.9 Å². The van der Waals surface area contributed by atoms with Crippen molar-refractivity contribution in [2.24, 2.45) is 0 Å². The molecule has 134 valence electrons. The molecule has 0 atom stereocenters. The number of benzene rings is 1. The zero-order valence-corrected chi connectivity index (χ0v) is 15.0. The first-order valence-corrected chi connectivity index (χ1v) is 9.77. The Kier molecular flexibility index (Phi) is 4.17. The van der Waals surface area contributed by atoms with Gasteiger partial charge in [0.15, 0.2) is 5.58 Å². The van der Waals surface area contributed by atoms with E-state index in [1.807, 2.05) is 24.3 Å². The van der Waals surface area contributed by atoms with Crippen LogP contribution in [0.4, 0.5) is 0 Å². The Morgan fingerprint density at radius 1 is 1.08 bits per heavy atom. The van der Waals surface area contributed by atoms with Crippen molar-refractivity contribution in [3.63, 3.8) is 0 Å². The van der Waals surface area contributed by atoms with Crippen LogP contribution < -0.4 is 0 Å². The predicted molar refractivity (Wildman–Crippen MR) is 99.7 cm³/mol. The van der Waals surface area contributed by atoms with Crippen molar-refractivity contribution < 1.29 is 4.42 Å². The minimum absolute atomic E-state index is 0.576. The topological polar surface area (TPSA) is 55.1 Å². The van der Waals surface area contributed by atoms with Crippen LogP contribution in [0.15, 0.2) is 34.9 Å². The zero-order valence-electron chi connectivity index (χ0n) is 15.0. The first kappa shape index (κ1) is 15.9. The maximum Gasteiger partial charge on any atom is 0.209 e. The summed E-state index contributed by atoms with van der Waals surface area (Å²) in [6, 6.07) is 7.94. The molecular formula is C21H24N4O. The highest BCUT2D eigenvalue weighted by Gasteiger charge is 2.23. The minimum Gasteiger partial charge on any atom is -0.439 e. The Labute approximate surface area is 153 Å². The molecule has 3 heterocycles. The van der Waals surface area contributed by atoms with Gasteiger partial charge in [0.05, 0.1) is 6.54 Å². The monoisotopic (exact) mass is 348 g/mol. The van der Waals surface area contributed by atoms with Crippen molar-refractivity contribution >= 4 is 11.1 Å². The van der Waals surface area contributed by atoms with E-state index in [0.717, 1.165) is 48.9 Å². The molecule has 0 bridgehead atoms. The van der Waals surface area contributed by atoms with Crippen molar-refractivity contribution in [3.8, 4) is 0 Å². The smallest absolute Gasteiger partial charge is 0.209 e. The van der Waals surface area contributed by atoms with E-state index in [1.54, 1.807) is 0 Å². The van der Waals surface area contributed by atoms with Crippen LogP contribution in [0.3, 0.4) is 0 Å². The van der Waals surface area contributed by atoms with Gasteiger partial charge in [0.25, 0.3) is 0 Å². The molecule has 1 aliphatic carbocycles. The van der Waals surface area contributed by atoms with E-state index in [0.29, 0.717) is 5.92 Å².